The van der Waals surface area contributed by atoms with Crippen molar-refractivity contribution in [1.29, 1.82) is 0 Å². The van der Waals surface area contributed by atoms with E-state index in [1.54, 1.807) is 0 Å². The zero-order chi connectivity index (χ0) is 10.0. The van der Waals surface area contributed by atoms with Crippen molar-refractivity contribution in [2.75, 3.05) is 6.61 Å². The van der Waals surface area contributed by atoms with Crippen LogP contribution in [0.1, 0.15) is 20.3 Å². The van der Waals surface area contributed by atoms with Crippen LogP contribution in [0.4, 0.5) is 0 Å². The zero-order valence-electron chi connectivity index (χ0n) is 8.05. The van der Waals surface area contributed by atoms with E-state index in [1.165, 1.54) is 0 Å². The predicted molar refractivity (Wildman–Crippen MR) is 47.2 cm³/mol. The first-order valence-corrected chi connectivity index (χ1v) is 4.73. The van der Waals surface area contributed by atoms with Crippen LogP contribution >= 0.6 is 0 Å². The van der Waals surface area contributed by atoms with Gasteiger partial charge in [0.05, 0.1) is 12.7 Å². The number of rotatable bonds is 2. The molecule has 1 aliphatic heterocycles. The number of hydrogen-bond donors (Lipinski definition) is 3. The highest BCUT2D eigenvalue weighted by molar-refractivity contribution is 4.88. The molecule has 0 aromatic carbocycles. The summed E-state index contributed by atoms with van der Waals surface area (Å²) in [5.41, 5.74) is 0. The highest BCUT2D eigenvalue weighted by Gasteiger charge is 2.39. The molecule has 4 heteroatoms. The van der Waals surface area contributed by atoms with Crippen LogP contribution in [-0.4, -0.2) is 46.3 Å². The van der Waals surface area contributed by atoms with Crippen molar-refractivity contribution in [2.24, 2.45) is 5.92 Å². The summed E-state index contributed by atoms with van der Waals surface area (Å²) in [5, 5.41) is 28.1. The number of aliphatic hydroxyl groups excluding tert-OH is 3. The van der Waals surface area contributed by atoms with Crippen LogP contribution in [0.15, 0.2) is 0 Å². The smallest absolute Gasteiger partial charge is 0.111 e. The quantitative estimate of drug-likeness (QED) is 0.550. The number of ether oxygens (including phenoxy) is 1. The van der Waals surface area contributed by atoms with Gasteiger partial charge in [0.15, 0.2) is 0 Å². The Kier molecular flexibility index (Phi) is 3.67. The Labute approximate surface area is 78.1 Å². The third kappa shape index (κ3) is 2.20. The normalized spacial score (nSPS) is 43.2. The molecule has 1 fully saturated rings. The minimum atomic E-state index is -1.08. The van der Waals surface area contributed by atoms with Gasteiger partial charge in [-0.1, -0.05) is 20.3 Å². The molecule has 0 aliphatic carbocycles. The lowest BCUT2D eigenvalue weighted by molar-refractivity contribution is -0.199. The Balaban J connectivity index is 2.58. The van der Waals surface area contributed by atoms with E-state index < -0.39 is 18.3 Å². The Hall–Kier alpha value is -0.160. The molecule has 3 N–H and O–H groups in total. The zero-order valence-corrected chi connectivity index (χ0v) is 8.05. The van der Waals surface area contributed by atoms with E-state index in [9.17, 15) is 15.3 Å². The van der Waals surface area contributed by atoms with Crippen LogP contribution in [0.5, 0.6) is 0 Å². The number of hydrogen-bond acceptors (Lipinski definition) is 4. The molecular formula is C9H18O4. The van der Waals surface area contributed by atoms with E-state index in [0.717, 1.165) is 6.42 Å². The molecule has 1 aliphatic rings. The summed E-state index contributed by atoms with van der Waals surface area (Å²) in [7, 11) is 0. The fourth-order valence-electron chi connectivity index (χ4n) is 1.56. The Morgan fingerprint density at radius 2 is 1.92 bits per heavy atom. The highest BCUT2D eigenvalue weighted by atomic mass is 16.5. The second-order valence-corrected chi connectivity index (χ2v) is 3.73. The van der Waals surface area contributed by atoms with Crippen LogP contribution in [-0.2, 0) is 4.74 Å². The maximum absolute atomic E-state index is 9.57. The first kappa shape index (κ1) is 10.9. The van der Waals surface area contributed by atoms with Gasteiger partial charge >= 0.3 is 0 Å². The molecule has 0 aromatic heterocycles. The molecule has 78 valence electrons. The van der Waals surface area contributed by atoms with Gasteiger partial charge in [0.1, 0.15) is 18.3 Å². The summed E-state index contributed by atoms with van der Waals surface area (Å²) < 4.78 is 5.27. The minimum absolute atomic E-state index is 0.104. The molecule has 0 spiro atoms. The molecule has 0 aromatic rings. The SMILES string of the molecule is CCC(C)[C@@H]1OC[C@@H](O)[C@H](O)[C@H]1O. The number of aliphatic hydroxyl groups is 3. The van der Waals surface area contributed by atoms with Crippen LogP contribution in [0.2, 0.25) is 0 Å². The first-order valence-electron chi connectivity index (χ1n) is 4.73. The molecule has 0 radical (unpaired) electrons. The van der Waals surface area contributed by atoms with Gasteiger partial charge in [-0.15, -0.1) is 0 Å². The molecule has 0 bridgehead atoms. The fourth-order valence-corrected chi connectivity index (χ4v) is 1.56. The lowest BCUT2D eigenvalue weighted by Gasteiger charge is -2.38. The first-order chi connectivity index (χ1) is 6.07. The van der Waals surface area contributed by atoms with Gasteiger partial charge in [-0.2, -0.15) is 0 Å². The molecule has 1 saturated heterocycles. The molecule has 4 nitrogen and oxygen atoms in total. The van der Waals surface area contributed by atoms with Gasteiger partial charge in [0.25, 0.3) is 0 Å². The third-order valence-corrected chi connectivity index (χ3v) is 2.74. The summed E-state index contributed by atoms with van der Waals surface area (Å²) in [4.78, 5) is 0. The van der Waals surface area contributed by atoms with Crippen molar-refractivity contribution in [1.82, 2.24) is 0 Å². The average Bonchev–Trinajstić information content (AvgIpc) is 2.13. The summed E-state index contributed by atoms with van der Waals surface area (Å²) >= 11 is 0. The van der Waals surface area contributed by atoms with Gasteiger partial charge in [-0.05, 0) is 5.92 Å². The van der Waals surface area contributed by atoms with E-state index in [1.807, 2.05) is 13.8 Å². The van der Waals surface area contributed by atoms with Gasteiger partial charge in [0, 0.05) is 0 Å². The summed E-state index contributed by atoms with van der Waals surface area (Å²) in [6, 6.07) is 0. The van der Waals surface area contributed by atoms with Crippen molar-refractivity contribution in [2.45, 2.75) is 44.7 Å². The average molecular weight is 190 g/mol. The highest BCUT2D eigenvalue weighted by Crippen LogP contribution is 2.23. The van der Waals surface area contributed by atoms with E-state index in [4.69, 9.17) is 4.74 Å². The maximum Gasteiger partial charge on any atom is 0.111 e. The molecule has 1 heterocycles. The molecule has 0 saturated carbocycles. The molecule has 13 heavy (non-hydrogen) atoms. The second kappa shape index (κ2) is 4.37. The van der Waals surface area contributed by atoms with Crippen LogP contribution < -0.4 is 0 Å². The Morgan fingerprint density at radius 1 is 1.31 bits per heavy atom. The van der Waals surface area contributed by atoms with Gasteiger partial charge < -0.3 is 20.1 Å². The lowest BCUT2D eigenvalue weighted by Crippen LogP contribution is -2.54. The fraction of sp³-hybridized carbons (Fsp3) is 1.00. The van der Waals surface area contributed by atoms with E-state index in [2.05, 4.69) is 0 Å². The largest absolute Gasteiger partial charge is 0.388 e. The van der Waals surface area contributed by atoms with Crippen molar-refractivity contribution < 1.29 is 20.1 Å². The molecule has 0 amide bonds. The second-order valence-electron chi connectivity index (χ2n) is 3.73. The molecular weight excluding hydrogens is 172 g/mol. The summed E-state index contributed by atoms with van der Waals surface area (Å²) in [5.74, 6) is 0.192. The van der Waals surface area contributed by atoms with Crippen LogP contribution in [0.25, 0.3) is 0 Å². The minimum Gasteiger partial charge on any atom is -0.388 e. The maximum atomic E-state index is 9.57. The van der Waals surface area contributed by atoms with Gasteiger partial charge in [-0.3, -0.25) is 0 Å². The molecule has 5 atom stereocenters. The monoisotopic (exact) mass is 190 g/mol. The van der Waals surface area contributed by atoms with E-state index in [-0.39, 0.29) is 18.6 Å². The van der Waals surface area contributed by atoms with Crippen molar-refractivity contribution in [3.05, 3.63) is 0 Å². The standard InChI is InChI=1S/C9H18O4/c1-3-5(2)9-8(12)7(11)6(10)4-13-9/h5-12H,3-4H2,1-2H3/t5?,6-,7+,8-,9+/m1/s1. The topological polar surface area (TPSA) is 69.9 Å². The third-order valence-electron chi connectivity index (χ3n) is 2.74. The van der Waals surface area contributed by atoms with Crippen molar-refractivity contribution in [3.63, 3.8) is 0 Å². The Morgan fingerprint density at radius 3 is 2.46 bits per heavy atom. The van der Waals surface area contributed by atoms with Crippen LogP contribution in [0.3, 0.4) is 0 Å². The van der Waals surface area contributed by atoms with Crippen LogP contribution in [0, 0.1) is 5.92 Å². The van der Waals surface area contributed by atoms with E-state index >= 15 is 0 Å². The van der Waals surface area contributed by atoms with E-state index in [0.29, 0.717) is 0 Å². The lowest BCUT2D eigenvalue weighted by atomic mass is 9.90. The molecule has 1 rings (SSSR count). The van der Waals surface area contributed by atoms with Gasteiger partial charge in [0.2, 0.25) is 0 Å². The van der Waals surface area contributed by atoms with Crippen molar-refractivity contribution >= 4 is 0 Å². The van der Waals surface area contributed by atoms with Crippen molar-refractivity contribution in [3.8, 4) is 0 Å². The summed E-state index contributed by atoms with van der Waals surface area (Å²) in [6.07, 6.45) is -2.49. The summed E-state index contributed by atoms with van der Waals surface area (Å²) in [6.45, 7) is 4.06. The Bertz CT molecular complexity index is 162. The molecule has 1 unspecified atom stereocenters. The van der Waals surface area contributed by atoms with Gasteiger partial charge in [-0.25, -0.2) is 0 Å². The predicted octanol–water partition coefficient (Wildman–Crippen LogP) is -0.486.